The van der Waals surface area contributed by atoms with Crippen LogP contribution in [0.4, 0.5) is 0 Å². The van der Waals surface area contributed by atoms with Gasteiger partial charge >= 0.3 is 5.19 Å². The summed E-state index contributed by atoms with van der Waals surface area (Å²) in [6, 6.07) is 9.29. The Bertz CT molecular complexity index is 1170. The van der Waals surface area contributed by atoms with Gasteiger partial charge in [0.1, 0.15) is 5.75 Å². The van der Waals surface area contributed by atoms with Crippen LogP contribution >= 0.6 is 11.3 Å². The number of benzene rings is 1. The number of ether oxygens (including phenoxy) is 1. The fourth-order valence-corrected chi connectivity index (χ4v) is 5.28. The molecule has 0 atom stereocenters. The third kappa shape index (κ3) is 4.17. The summed E-state index contributed by atoms with van der Waals surface area (Å²) >= 11 is 1.38. The second kappa shape index (κ2) is 8.33. The Morgan fingerprint density at radius 1 is 1.06 bits per heavy atom. The maximum atomic E-state index is 12.2. The van der Waals surface area contributed by atoms with Crippen molar-refractivity contribution in [3.05, 3.63) is 46.9 Å². The highest BCUT2D eigenvalue weighted by atomic mass is 32.1. The number of methoxy groups -OCH3 is 1. The Morgan fingerprint density at radius 3 is 2.44 bits per heavy atom. The van der Waals surface area contributed by atoms with Crippen molar-refractivity contribution >= 4 is 11.3 Å². The Labute approximate surface area is 192 Å². The molecule has 170 valence electrons. The first-order chi connectivity index (χ1) is 15.1. The molecular formula is C24H30N4O3S. The van der Waals surface area contributed by atoms with Crippen LogP contribution in [0.3, 0.4) is 0 Å². The molecule has 0 spiro atoms. The molecule has 1 aromatic carbocycles. The minimum atomic E-state index is -0.104. The molecular weight excluding hydrogens is 424 g/mol. The number of rotatable bonds is 5. The predicted octanol–water partition coefficient (Wildman–Crippen LogP) is 4.92. The average molecular weight is 455 g/mol. The second-order valence-electron chi connectivity index (χ2n) is 9.48. The van der Waals surface area contributed by atoms with Gasteiger partial charge in [-0.2, -0.15) is 0 Å². The lowest BCUT2D eigenvalue weighted by Crippen LogP contribution is -2.59. The van der Waals surface area contributed by atoms with Crippen LogP contribution in [0.2, 0.25) is 0 Å². The molecule has 0 N–H and O–H groups in total. The zero-order chi connectivity index (χ0) is 23.1. The fourth-order valence-electron chi connectivity index (χ4n) is 4.53. The lowest BCUT2D eigenvalue weighted by molar-refractivity contribution is -0.217. The molecule has 1 aliphatic heterocycles. The van der Waals surface area contributed by atoms with E-state index in [2.05, 4.69) is 43.0 Å². The van der Waals surface area contributed by atoms with Gasteiger partial charge in [0.05, 0.1) is 23.8 Å². The van der Waals surface area contributed by atoms with Gasteiger partial charge in [0.15, 0.2) is 5.01 Å². The lowest BCUT2D eigenvalue weighted by atomic mass is 9.82. The third-order valence-corrected chi connectivity index (χ3v) is 6.94. The van der Waals surface area contributed by atoms with Crippen molar-refractivity contribution in [2.75, 3.05) is 7.11 Å². The number of aromatic nitrogens is 3. The minimum absolute atomic E-state index is 0.0767. The lowest BCUT2D eigenvalue weighted by Gasteiger charge is -2.50. The summed E-state index contributed by atoms with van der Waals surface area (Å²) in [5.74, 6) is 0.671. The van der Waals surface area contributed by atoms with Crippen LogP contribution in [-0.4, -0.2) is 38.0 Å². The van der Waals surface area contributed by atoms with Crippen molar-refractivity contribution in [1.82, 2.24) is 19.8 Å². The summed E-state index contributed by atoms with van der Waals surface area (Å²) in [6.45, 7) is 8.79. The highest BCUT2D eigenvalue weighted by Gasteiger charge is 2.44. The van der Waals surface area contributed by atoms with Gasteiger partial charge in [0, 0.05) is 19.3 Å². The molecule has 8 heteroatoms. The third-order valence-electron chi connectivity index (χ3n) is 6.13. The van der Waals surface area contributed by atoms with Crippen LogP contribution in [-0.2, 0) is 7.05 Å². The highest BCUT2D eigenvalue weighted by molar-refractivity contribution is 7.16. The number of nitrogens with zero attached hydrogens (tertiary/aromatic N) is 4. The van der Waals surface area contributed by atoms with Crippen molar-refractivity contribution in [1.29, 1.82) is 0 Å². The summed E-state index contributed by atoms with van der Waals surface area (Å²) < 4.78 is 7.19. The summed E-state index contributed by atoms with van der Waals surface area (Å²) in [7, 11) is 3.36. The van der Waals surface area contributed by atoms with Crippen molar-refractivity contribution in [3.63, 3.8) is 0 Å². The molecule has 0 aliphatic carbocycles. The average Bonchev–Trinajstić information content (AvgIpc) is 3.20. The van der Waals surface area contributed by atoms with Gasteiger partial charge in [-0.25, -0.2) is 0 Å². The van der Waals surface area contributed by atoms with Crippen molar-refractivity contribution in [3.8, 4) is 32.6 Å². The molecule has 3 heterocycles. The van der Waals surface area contributed by atoms with Crippen LogP contribution in [0, 0.1) is 0 Å². The Morgan fingerprint density at radius 2 is 1.78 bits per heavy atom. The Hall–Kier alpha value is -2.71. The quantitative estimate of drug-likeness (QED) is 0.545. The molecule has 32 heavy (non-hydrogen) atoms. The van der Waals surface area contributed by atoms with E-state index in [0.29, 0.717) is 16.0 Å². The number of hydrogen-bond acceptors (Lipinski definition) is 7. The van der Waals surface area contributed by atoms with Crippen LogP contribution in [0.25, 0.3) is 21.7 Å². The second-order valence-corrected chi connectivity index (χ2v) is 10.4. The topological polar surface area (TPSA) is 69.5 Å². The molecule has 7 nitrogen and oxygen atoms in total. The molecule has 1 fully saturated rings. The van der Waals surface area contributed by atoms with Gasteiger partial charge in [-0.3, -0.25) is 4.79 Å². The van der Waals surface area contributed by atoms with Crippen molar-refractivity contribution in [2.24, 2.45) is 7.05 Å². The van der Waals surface area contributed by atoms with Crippen molar-refractivity contribution < 1.29 is 9.57 Å². The number of hydrogen-bond donors (Lipinski definition) is 0. The van der Waals surface area contributed by atoms with Gasteiger partial charge in [-0.05, 0) is 70.2 Å². The summed E-state index contributed by atoms with van der Waals surface area (Å²) in [4.78, 5) is 18.6. The monoisotopic (exact) mass is 454 g/mol. The fraction of sp³-hybridized carbons (Fsp3) is 0.458. The molecule has 0 radical (unpaired) electrons. The Balaban J connectivity index is 1.74. The zero-order valence-corrected chi connectivity index (χ0v) is 20.3. The molecule has 0 amide bonds. The van der Waals surface area contributed by atoms with Crippen molar-refractivity contribution in [2.45, 2.75) is 58.0 Å². The van der Waals surface area contributed by atoms with Gasteiger partial charge in [0.25, 0.3) is 5.56 Å². The van der Waals surface area contributed by atoms with Crippen LogP contribution in [0.5, 0.6) is 10.9 Å². The smallest absolute Gasteiger partial charge is 0.315 e. The first kappa shape index (κ1) is 22.5. The van der Waals surface area contributed by atoms with Gasteiger partial charge in [-0.15, -0.1) is 10.2 Å². The molecule has 2 aromatic heterocycles. The molecule has 0 bridgehead atoms. The van der Waals surface area contributed by atoms with E-state index < -0.39 is 0 Å². The maximum absolute atomic E-state index is 12.2. The SMILES string of the molecule is COc1cccc(-c2ccn(C)c(=O)c2)c1-c1nnc(ON2C(C)(C)CCCC2(C)C)s1. The zero-order valence-electron chi connectivity index (χ0n) is 19.5. The highest BCUT2D eigenvalue weighted by Crippen LogP contribution is 2.43. The number of hydroxylamine groups is 2. The summed E-state index contributed by atoms with van der Waals surface area (Å²) in [5.41, 5.74) is 2.18. The van der Waals surface area contributed by atoms with Gasteiger partial charge in [0.2, 0.25) is 0 Å². The number of pyridine rings is 1. The van der Waals surface area contributed by atoms with Crippen LogP contribution in [0.1, 0.15) is 47.0 Å². The van der Waals surface area contributed by atoms with Crippen LogP contribution in [0.15, 0.2) is 41.3 Å². The normalized spacial score (nSPS) is 17.8. The largest absolute Gasteiger partial charge is 0.496 e. The minimum Gasteiger partial charge on any atom is -0.496 e. The van der Waals surface area contributed by atoms with Crippen LogP contribution < -0.4 is 15.1 Å². The molecule has 1 saturated heterocycles. The molecule has 4 rings (SSSR count). The van der Waals surface area contributed by atoms with E-state index in [1.807, 2.05) is 24.3 Å². The summed E-state index contributed by atoms with van der Waals surface area (Å²) in [6.07, 6.45) is 5.04. The number of aryl methyl sites for hydroxylation is 1. The van der Waals surface area contributed by atoms with Gasteiger partial charge < -0.3 is 14.1 Å². The van der Waals surface area contributed by atoms with E-state index in [4.69, 9.17) is 9.57 Å². The summed E-state index contributed by atoms with van der Waals surface area (Å²) in [5, 5.41) is 12.0. The first-order valence-electron chi connectivity index (χ1n) is 10.8. The number of piperidine rings is 1. The molecule has 0 unspecified atom stereocenters. The molecule has 1 aliphatic rings. The maximum Gasteiger partial charge on any atom is 0.315 e. The molecule has 3 aromatic rings. The first-order valence-corrected chi connectivity index (χ1v) is 11.6. The van der Waals surface area contributed by atoms with E-state index in [-0.39, 0.29) is 16.6 Å². The van der Waals surface area contributed by atoms with Gasteiger partial charge in [-0.1, -0.05) is 28.6 Å². The van der Waals surface area contributed by atoms with E-state index in [9.17, 15) is 4.79 Å². The standard InChI is InChI=1S/C24H30N4O3S/c1-23(2)12-8-13-24(3,4)28(23)31-22-26-25-21(32-22)20-17(9-7-10-18(20)30-6)16-11-14-27(5)19(29)15-16/h7,9-11,14-15H,8,12-13H2,1-6H3. The molecule has 0 saturated carbocycles. The van der Waals surface area contributed by atoms with E-state index in [0.717, 1.165) is 29.5 Å². The predicted molar refractivity (Wildman–Crippen MR) is 127 cm³/mol. The van der Waals surface area contributed by atoms with E-state index in [1.165, 1.54) is 17.8 Å². The van der Waals surface area contributed by atoms with E-state index >= 15 is 0 Å². The Kier molecular flexibility index (Phi) is 5.85. The van der Waals surface area contributed by atoms with E-state index in [1.54, 1.807) is 31.0 Å².